The van der Waals surface area contributed by atoms with Gasteiger partial charge >= 0.3 is 0 Å². The van der Waals surface area contributed by atoms with E-state index in [2.05, 4.69) is 18.7 Å². The maximum absolute atomic E-state index is 13.1. The second-order valence-electron chi connectivity index (χ2n) is 7.46. The number of amides is 1. The average Bonchev–Trinajstić information content (AvgIpc) is 3.22. The second-order valence-corrected chi connectivity index (χ2v) is 7.87. The van der Waals surface area contributed by atoms with E-state index in [4.69, 9.17) is 25.8 Å². The molecule has 1 amide bonds. The summed E-state index contributed by atoms with van der Waals surface area (Å²) in [5.74, 6) is 1.09. The van der Waals surface area contributed by atoms with Crippen molar-refractivity contribution in [3.8, 4) is 11.5 Å². The zero-order chi connectivity index (χ0) is 18.3. The van der Waals surface area contributed by atoms with E-state index in [1.165, 1.54) is 0 Å². The zero-order valence-electron chi connectivity index (χ0n) is 15.2. The van der Waals surface area contributed by atoms with Gasteiger partial charge in [0, 0.05) is 37.8 Å². The highest BCUT2D eigenvalue weighted by atomic mass is 35.5. The van der Waals surface area contributed by atoms with Crippen LogP contribution in [0.3, 0.4) is 0 Å². The Bertz CT molecular complexity index is 688. The minimum absolute atomic E-state index is 0.0158. The van der Waals surface area contributed by atoms with E-state index in [0.717, 1.165) is 39.0 Å². The SMILES string of the molecule is C[C@@H]1CN(C[C@@H]2CCCN2C(=O)c2cc(Cl)c3c(c2)OCO3)C[C@H](C)O1. The molecule has 0 aliphatic carbocycles. The molecule has 0 aromatic heterocycles. The van der Waals surface area contributed by atoms with E-state index in [9.17, 15) is 4.79 Å². The molecule has 0 spiro atoms. The second kappa shape index (κ2) is 7.25. The monoisotopic (exact) mass is 380 g/mol. The minimum atomic E-state index is 0.0158. The Hall–Kier alpha value is -1.50. The van der Waals surface area contributed by atoms with Gasteiger partial charge in [0.1, 0.15) is 0 Å². The number of benzene rings is 1. The van der Waals surface area contributed by atoms with Gasteiger partial charge in [-0.15, -0.1) is 0 Å². The van der Waals surface area contributed by atoms with Crippen LogP contribution in [-0.2, 0) is 4.74 Å². The van der Waals surface area contributed by atoms with Crippen LogP contribution < -0.4 is 9.47 Å². The lowest BCUT2D eigenvalue weighted by atomic mass is 10.1. The Morgan fingerprint density at radius 2 is 2.00 bits per heavy atom. The van der Waals surface area contributed by atoms with Crippen LogP contribution in [0.25, 0.3) is 0 Å². The molecule has 0 radical (unpaired) electrons. The molecule has 7 heteroatoms. The van der Waals surface area contributed by atoms with Crippen LogP contribution in [0.4, 0.5) is 0 Å². The van der Waals surface area contributed by atoms with E-state index in [0.29, 0.717) is 22.1 Å². The molecule has 3 aliphatic rings. The number of ether oxygens (including phenoxy) is 3. The summed E-state index contributed by atoms with van der Waals surface area (Å²) >= 11 is 6.25. The van der Waals surface area contributed by atoms with Crippen LogP contribution in [0.15, 0.2) is 12.1 Å². The minimum Gasteiger partial charge on any atom is -0.454 e. The summed E-state index contributed by atoms with van der Waals surface area (Å²) in [6, 6.07) is 3.65. The van der Waals surface area contributed by atoms with Gasteiger partial charge in [0.25, 0.3) is 5.91 Å². The van der Waals surface area contributed by atoms with Crippen molar-refractivity contribution in [1.29, 1.82) is 0 Å². The fraction of sp³-hybridized carbons (Fsp3) is 0.632. The van der Waals surface area contributed by atoms with Crippen molar-refractivity contribution in [1.82, 2.24) is 9.80 Å². The molecule has 3 heterocycles. The summed E-state index contributed by atoms with van der Waals surface area (Å²) in [4.78, 5) is 17.5. The maximum Gasteiger partial charge on any atom is 0.254 e. The van der Waals surface area contributed by atoms with E-state index in [1.807, 2.05) is 4.90 Å². The van der Waals surface area contributed by atoms with Crippen molar-refractivity contribution in [3.63, 3.8) is 0 Å². The lowest BCUT2D eigenvalue weighted by Crippen LogP contribution is -2.50. The standard InChI is InChI=1S/C19H25ClN2O4/c1-12-8-21(9-13(2)26-12)10-15-4-3-5-22(15)19(23)14-6-16(20)18-17(7-14)24-11-25-18/h6-7,12-13,15H,3-5,8-11H2,1-2H3/t12-,13+,15-/m0/s1. The molecule has 2 saturated heterocycles. The fourth-order valence-corrected chi connectivity index (χ4v) is 4.55. The molecule has 4 rings (SSSR count). The van der Waals surface area contributed by atoms with E-state index < -0.39 is 0 Å². The predicted molar refractivity (Wildman–Crippen MR) is 98.1 cm³/mol. The highest BCUT2D eigenvalue weighted by molar-refractivity contribution is 6.32. The van der Waals surface area contributed by atoms with Gasteiger partial charge in [-0.1, -0.05) is 11.6 Å². The summed E-state index contributed by atoms with van der Waals surface area (Å²) < 4.78 is 16.6. The number of morpholine rings is 1. The molecule has 142 valence electrons. The smallest absolute Gasteiger partial charge is 0.254 e. The van der Waals surface area contributed by atoms with Gasteiger partial charge in [0.15, 0.2) is 11.5 Å². The Kier molecular flexibility index (Phi) is 4.99. The van der Waals surface area contributed by atoms with Crippen molar-refractivity contribution >= 4 is 17.5 Å². The summed E-state index contributed by atoms with van der Waals surface area (Å²) in [5, 5.41) is 0.426. The lowest BCUT2D eigenvalue weighted by Gasteiger charge is -2.38. The molecule has 26 heavy (non-hydrogen) atoms. The number of rotatable bonds is 3. The van der Waals surface area contributed by atoms with Gasteiger partial charge in [-0.05, 0) is 38.8 Å². The zero-order valence-corrected chi connectivity index (χ0v) is 16.0. The quantitative estimate of drug-likeness (QED) is 0.807. The van der Waals surface area contributed by atoms with Gasteiger partial charge in [-0.25, -0.2) is 0 Å². The van der Waals surface area contributed by atoms with Crippen molar-refractivity contribution < 1.29 is 19.0 Å². The summed E-state index contributed by atoms with van der Waals surface area (Å²) in [7, 11) is 0. The van der Waals surface area contributed by atoms with Crippen molar-refractivity contribution in [3.05, 3.63) is 22.7 Å². The first-order valence-corrected chi connectivity index (χ1v) is 9.67. The van der Waals surface area contributed by atoms with Gasteiger partial charge in [-0.3, -0.25) is 9.69 Å². The third kappa shape index (κ3) is 3.50. The molecule has 6 nitrogen and oxygen atoms in total. The van der Waals surface area contributed by atoms with Crippen LogP contribution in [-0.4, -0.2) is 66.9 Å². The van der Waals surface area contributed by atoms with Crippen molar-refractivity contribution in [2.24, 2.45) is 0 Å². The molecular formula is C19H25ClN2O4. The summed E-state index contributed by atoms with van der Waals surface area (Å²) in [5.41, 5.74) is 0.565. The van der Waals surface area contributed by atoms with Crippen molar-refractivity contribution in [2.75, 3.05) is 33.0 Å². The number of likely N-dealkylation sites (tertiary alicyclic amines) is 1. The highest BCUT2D eigenvalue weighted by Gasteiger charge is 2.33. The van der Waals surface area contributed by atoms with E-state index in [1.54, 1.807) is 12.1 Å². The number of fused-ring (bicyclic) bond motifs is 1. The van der Waals surface area contributed by atoms with Crippen LogP contribution >= 0.6 is 11.6 Å². The molecule has 1 aromatic rings. The van der Waals surface area contributed by atoms with Gasteiger partial charge in [0.05, 0.1) is 17.2 Å². The van der Waals surface area contributed by atoms with Crippen LogP contribution in [0.1, 0.15) is 37.0 Å². The normalized spacial score (nSPS) is 28.6. The summed E-state index contributed by atoms with van der Waals surface area (Å²) in [6.07, 6.45) is 2.53. The molecular weight excluding hydrogens is 356 g/mol. The molecule has 3 aliphatic heterocycles. The largest absolute Gasteiger partial charge is 0.454 e. The number of carbonyl (C=O) groups excluding carboxylic acids is 1. The first kappa shape index (κ1) is 17.9. The topological polar surface area (TPSA) is 51.2 Å². The first-order valence-electron chi connectivity index (χ1n) is 9.29. The molecule has 0 bridgehead atoms. The third-order valence-electron chi connectivity index (χ3n) is 5.28. The maximum atomic E-state index is 13.1. The number of hydrogen-bond donors (Lipinski definition) is 0. The first-order chi connectivity index (χ1) is 12.5. The Morgan fingerprint density at radius 3 is 2.77 bits per heavy atom. The Labute approximate surface area is 158 Å². The molecule has 0 N–H and O–H groups in total. The molecule has 1 aromatic carbocycles. The number of carbonyl (C=O) groups is 1. The number of nitrogens with zero attached hydrogens (tertiary/aromatic N) is 2. The van der Waals surface area contributed by atoms with Gasteiger partial charge in [-0.2, -0.15) is 0 Å². The van der Waals surface area contributed by atoms with E-state index >= 15 is 0 Å². The van der Waals surface area contributed by atoms with Gasteiger partial charge < -0.3 is 19.1 Å². The highest BCUT2D eigenvalue weighted by Crippen LogP contribution is 2.40. The fourth-order valence-electron chi connectivity index (χ4n) is 4.28. The van der Waals surface area contributed by atoms with Crippen LogP contribution in [0.5, 0.6) is 11.5 Å². The van der Waals surface area contributed by atoms with Gasteiger partial charge in [0.2, 0.25) is 6.79 Å². The number of hydrogen-bond acceptors (Lipinski definition) is 5. The molecule has 3 atom stereocenters. The van der Waals surface area contributed by atoms with Crippen LogP contribution in [0.2, 0.25) is 5.02 Å². The van der Waals surface area contributed by atoms with Crippen LogP contribution in [0, 0.1) is 0 Å². The Balaban J connectivity index is 1.48. The van der Waals surface area contributed by atoms with Crippen molar-refractivity contribution in [2.45, 2.75) is 44.9 Å². The third-order valence-corrected chi connectivity index (χ3v) is 5.56. The lowest BCUT2D eigenvalue weighted by molar-refractivity contribution is -0.0715. The summed E-state index contributed by atoms with van der Waals surface area (Å²) in [6.45, 7) is 7.86. The predicted octanol–water partition coefficient (Wildman–Crippen LogP) is 2.78. The Morgan fingerprint density at radius 1 is 1.23 bits per heavy atom. The average molecular weight is 381 g/mol. The number of halogens is 1. The molecule has 0 saturated carbocycles. The molecule has 0 unspecified atom stereocenters. The molecule has 2 fully saturated rings. The van der Waals surface area contributed by atoms with E-state index in [-0.39, 0.29) is 30.9 Å².